The van der Waals surface area contributed by atoms with Gasteiger partial charge in [-0.25, -0.2) is 0 Å². The second-order valence-electron chi connectivity index (χ2n) is 5.62. The molecule has 0 saturated heterocycles. The van der Waals surface area contributed by atoms with Crippen LogP contribution in [0, 0.1) is 0 Å². The van der Waals surface area contributed by atoms with Crippen LogP contribution in [0.25, 0.3) is 11.3 Å². The SMILES string of the molecule is CCn1ccc(CN(C)C(=O)c2cc(-c3ccc(Cl)c(Cl)c3)n[nH]2)n1. The number of nitrogens with one attached hydrogen (secondary N) is 1. The van der Waals surface area contributed by atoms with Gasteiger partial charge in [-0.05, 0) is 31.2 Å². The highest BCUT2D eigenvalue weighted by atomic mass is 35.5. The summed E-state index contributed by atoms with van der Waals surface area (Å²) in [7, 11) is 1.73. The smallest absolute Gasteiger partial charge is 0.271 e. The van der Waals surface area contributed by atoms with Gasteiger partial charge in [0.25, 0.3) is 5.91 Å². The number of hydrogen-bond acceptors (Lipinski definition) is 3. The summed E-state index contributed by atoms with van der Waals surface area (Å²) in [5.74, 6) is -0.162. The molecular weight excluding hydrogens is 361 g/mol. The van der Waals surface area contributed by atoms with Gasteiger partial charge in [-0.1, -0.05) is 29.3 Å². The van der Waals surface area contributed by atoms with Crippen LogP contribution >= 0.6 is 23.2 Å². The first-order chi connectivity index (χ1) is 12.0. The summed E-state index contributed by atoms with van der Waals surface area (Å²) < 4.78 is 1.83. The fraction of sp³-hybridized carbons (Fsp3) is 0.235. The molecule has 1 amide bonds. The molecule has 0 atom stereocenters. The zero-order chi connectivity index (χ0) is 18.0. The Morgan fingerprint density at radius 3 is 2.72 bits per heavy atom. The largest absolute Gasteiger partial charge is 0.334 e. The molecule has 0 aliphatic rings. The van der Waals surface area contributed by atoms with Gasteiger partial charge in [-0.2, -0.15) is 10.2 Å². The quantitative estimate of drug-likeness (QED) is 0.733. The predicted octanol–water partition coefficient (Wildman–Crippen LogP) is 3.87. The Hall–Kier alpha value is -2.31. The van der Waals surface area contributed by atoms with Gasteiger partial charge in [-0.3, -0.25) is 14.6 Å². The number of amides is 1. The number of hydrogen-bond donors (Lipinski definition) is 1. The van der Waals surface area contributed by atoms with Crippen molar-refractivity contribution in [2.75, 3.05) is 7.05 Å². The van der Waals surface area contributed by atoms with Crippen molar-refractivity contribution < 1.29 is 4.79 Å². The summed E-state index contributed by atoms with van der Waals surface area (Å²) in [4.78, 5) is 14.2. The fourth-order valence-corrected chi connectivity index (χ4v) is 2.72. The Morgan fingerprint density at radius 2 is 2.04 bits per heavy atom. The number of carbonyl (C=O) groups is 1. The van der Waals surface area contributed by atoms with Crippen LogP contribution in [0.15, 0.2) is 36.5 Å². The first kappa shape index (κ1) is 17.5. The van der Waals surface area contributed by atoms with Gasteiger partial charge >= 0.3 is 0 Å². The number of halogens is 2. The molecule has 3 aromatic rings. The maximum absolute atomic E-state index is 12.6. The van der Waals surface area contributed by atoms with E-state index in [-0.39, 0.29) is 5.91 Å². The Labute approximate surface area is 155 Å². The van der Waals surface area contributed by atoms with Gasteiger partial charge in [-0.15, -0.1) is 0 Å². The number of aromatic amines is 1. The van der Waals surface area contributed by atoms with Gasteiger partial charge in [0.1, 0.15) is 5.69 Å². The summed E-state index contributed by atoms with van der Waals surface area (Å²) in [5.41, 5.74) is 2.65. The molecule has 2 aromatic heterocycles. The monoisotopic (exact) mass is 377 g/mol. The lowest BCUT2D eigenvalue weighted by molar-refractivity contribution is 0.0777. The van der Waals surface area contributed by atoms with Crippen molar-refractivity contribution in [3.8, 4) is 11.3 Å². The van der Waals surface area contributed by atoms with Crippen LogP contribution in [0.4, 0.5) is 0 Å². The highest BCUT2D eigenvalue weighted by Gasteiger charge is 2.17. The van der Waals surface area contributed by atoms with Crippen LogP contribution in [0.5, 0.6) is 0 Å². The van der Waals surface area contributed by atoms with Gasteiger partial charge in [0, 0.05) is 25.4 Å². The van der Waals surface area contributed by atoms with Gasteiger partial charge in [0.15, 0.2) is 0 Å². The molecular formula is C17H17Cl2N5O. The number of aromatic nitrogens is 4. The van der Waals surface area contributed by atoms with Gasteiger partial charge < -0.3 is 4.90 Å². The normalized spacial score (nSPS) is 10.9. The first-order valence-electron chi connectivity index (χ1n) is 7.76. The van der Waals surface area contributed by atoms with Crippen molar-refractivity contribution in [2.24, 2.45) is 0 Å². The zero-order valence-electron chi connectivity index (χ0n) is 13.8. The molecule has 0 aliphatic heterocycles. The van der Waals surface area contributed by atoms with Crippen LogP contribution in [-0.2, 0) is 13.1 Å². The number of nitrogens with zero attached hydrogens (tertiary/aromatic N) is 4. The number of H-pyrrole nitrogens is 1. The number of carbonyl (C=O) groups excluding carboxylic acids is 1. The molecule has 0 unspecified atom stereocenters. The molecule has 8 heteroatoms. The van der Waals surface area contributed by atoms with Crippen LogP contribution in [0.2, 0.25) is 10.0 Å². The molecule has 6 nitrogen and oxygen atoms in total. The Bertz CT molecular complexity index is 902. The van der Waals surface area contributed by atoms with Crippen molar-refractivity contribution in [3.63, 3.8) is 0 Å². The maximum atomic E-state index is 12.6. The van der Waals surface area contributed by atoms with E-state index < -0.39 is 0 Å². The van der Waals surface area contributed by atoms with E-state index in [1.807, 2.05) is 23.9 Å². The summed E-state index contributed by atoms with van der Waals surface area (Å²) in [5, 5.41) is 12.3. The van der Waals surface area contributed by atoms with Gasteiger partial charge in [0.2, 0.25) is 0 Å². The third-order valence-electron chi connectivity index (χ3n) is 3.79. The highest BCUT2D eigenvalue weighted by Crippen LogP contribution is 2.27. The second kappa shape index (κ2) is 7.29. The van der Waals surface area contributed by atoms with Crippen LogP contribution in [0.1, 0.15) is 23.1 Å². The van der Waals surface area contributed by atoms with Gasteiger partial charge in [0.05, 0.1) is 28.0 Å². The van der Waals surface area contributed by atoms with Crippen LogP contribution in [-0.4, -0.2) is 37.8 Å². The Morgan fingerprint density at radius 1 is 1.24 bits per heavy atom. The molecule has 0 bridgehead atoms. The minimum absolute atomic E-state index is 0.162. The van der Waals surface area contributed by atoms with E-state index in [1.165, 1.54) is 0 Å². The fourth-order valence-electron chi connectivity index (χ4n) is 2.42. The van der Waals surface area contributed by atoms with Crippen LogP contribution < -0.4 is 0 Å². The van der Waals surface area contributed by atoms with Crippen molar-refractivity contribution in [2.45, 2.75) is 20.0 Å². The third kappa shape index (κ3) is 3.86. The van der Waals surface area contributed by atoms with Crippen molar-refractivity contribution in [1.82, 2.24) is 24.9 Å². The molecule has 130 valence electrons. The topological polar surface area (TPSA) is 66.8 Å². The Kier molecular flexibility index (Phi) is 5.11. The zero-order valence-corrected chi connectivity index (χ0v) is 15.3. The summed E-state index contributed by atoms with van der Waals surface area (Å²) in [6.07, 6.45) is 1.90. The minimum atomic E-state index is -0.162. The molecule has 1 N–H and O–H groups in total. The van der Waals surface area contributed by atoms with E-state index >= 15 is 0 Å². The lowest BCUT2D eigenvalue weighted by Gasteiger charge is -2.14. The standard InChI is InChI=1S/C17H17Cl2N5O/c1-3-24-7-6-12(22-24)10-23(2)17(25)16-9-15(20-21-16)11-4-5-13(18)14(19)8-11/h4-9H,3,10H2,1-2H3,(H,20,21). The summed E-state index contributed by atoms with van der Waals surface area (Å²) >= 11 is 12.0. The van der Waals surface area contributed by atoms with E-state index in [0.717, 1.165) is 17.8 Å². The van der Waals surface area contributed by atoms with E-state index in [2.05, 4.69) is 15.3 Å². The number of rotatable bonds is 5. The number of benzene rings is 1. The average molecular weight is 378 g/mol. The molecule has 0 saturated carbocycles. The van der Waals surface area contributed by atoms with E-state index in [1.54, 1.807) is 36.2 Å². The maximum Gasteiger partial charge on any atom is 0.271 e. The third-order valence-corrected chi connectivity index (χ3v) is 4.53. The number of aryl methyl sites for hydroxylation is 1. The molecule has 0 radical (unpaired) electrons. The first-order valence-corrected chi connectivity index (χ1v) is 8.52. The average Bonchev–Trinajstić information content (AvgIpc) is 3.26. The van der Waals surface area contributed by atoms with E-state index in [4.69, 9.17) is 23.2 Å². The Balaban J connectivity index is 1.74. The van der Waals surface area contributed by atoms with Crippen LogP contribution in [0.3, 0.4) is 0 Å². The molecule has 0 aliphatic carbocycles. The predicted molar refractivity (Wildman–Crippen MR) is 97.7 cm³/mol. The molecule has 2 heterocycles. The van der Waals surface area contributed by atoms with E-state index in [0.29, 0.717) is 28.0 Å². The minimum Gasteiger partial charge on any atom is -0.334 e. The van der Waals surface area contributed by atoms with E-state index in [9.17, 15) is 4.79 Å². The molecule has 3 rings (SSSR count). The van der Waals surface area contributed by atoms with Crippen molar-refractivity contribution in [3.05, 3.63) is 58.0 Å². The molecule has 0 fully saturated rings. The summed E-state index contributed by atoms with van der Waals surface area (Å²) in [6.45, 7) is 3.24. The second-order valence-corrected chi connectivity index (χ2v) is 6.43. The van der Waals surface area contributed by atoms with Crippen molar-refractivity contribution in [1.29, 1.82) is 0 Å². The lowest BCUT2D eigenvalue weighted by Crippen LogP contribution is -2.26. The summed E-state index contributed by atoms with van der Waals surface area (Å²) in [6, 6.07) is 8.82. The molecule has 0 spiro atoms. The van der Waals surface area contributed by atoms with Crippen molar-refractivity contribution >= 4 is 29.1 Å². The molecule has 25 heavy (non-hydrogen) atoms. The highest BCUT2D eigenvalue weighted by molar-refractivity contribution is 6.42. The lowest BCUT2D eigenvalue weighted by atomic mass is 10.1. The molecule has 1 aromatic carbocycles.